The monoisotopic (exact) mass is 378 g/mol. The van der Waals surface area contributed by atoms with Gasteiger partial charge in [0.2, 0.25) is 0 Å². The van der Waals surface area contributed by atoms with Crippen molar-refractivity contribution in [2.24, 2.45) is 0 Å². The van der Waals surface area contributed by atoms with E-state index in [1.165, 1.54) is 6.92 Å². The maximum absolute atomic E-state index is 12.1. The molecule has 3 rings (SSSR count). The molecule has 3 heterocycles. The van der Waals surface area contributed by atoms with E-state index in [-0.39, 0.29) is 12.0 Å². The van der Waals surface area contributed by atoms with E-state index in [0.717, 1.165) is 0 Å². The second-order valence-corrected chi connectivity index (χ2v) is 8.15. The number of carbonyl (C=O) groups is 2. The molecule has 10 nitrogen and oxygen atoms in total. The van der Waals surface area contributed by atoms with Gasteiger partial charge in [-0.2, -0.15) is 8.42 Å². The van der Waals surface area contributed by atoms with Crippen LogP contribution in [-0.4, -0.2) is 79.1 Å². The molecule has 5 atom stereocenters. The number of ether oxygens (including phenoxy) is 3. The molecule has 5 unspecified atom stereocenters. The zero-order chi connectivity index (χ0) is 18.6. The molecule has 0 amide bonds. The van der Waals surface area contributed by atoms with Crippen LogP contribution in [0.5, 0.6) is 0 Å². The molecule has 3 aliphatic heterocycles. The van der Waals surface area contributed by atoms with E-state index < -0.39 is 70.5 Å². The molecule has 0 spiro atoms. The van der Waals surface area contributed by atoms with E-state index in [1.54, 1.807) is 0 Å². The van der Waals surface area contributed by atoms with Crippen LogP contribution in [0, 0.1) is 0 Å². The number of fused-ring (bicyclic) bond motifs is 1. The van der Waals surface area contributed by atoms with Crippen LogP contribution in [0.4, 0.5) is 0 Å². The molecule has 2 bridgehead atoms. The Bertz CT molecular complexity index is 730. The van der Waals surface area contributed by atoms with Gasteiger partial charge in [0.1, 0.15) is 22.6 Å². The summed E-state index contributed by atoms with van der Waals surface area (Å²) in [6.45, 7) is 2.73. The predicted molar refractivity (Wildman–Crippen MR) is 78.6 cm³/mol. The maximum atomic E-state index is 12.1. The van der Waals surface area contributed by atoms with Gasteiger partial charge in [0.25, 0.3) is 10.1 Å². The van der Waals surface area contributed by atoms with Gasteiger partial charge in [-0.3, -0.25) is 4.18 Å². The van der Waals surface area contributed by atoms with Gasteiger partial charge in [-0.05, 0) is 6.92 Å². The third kappa shape index (κ3) is 2.49. The molecule has 3 fully saturated rings. The van der Waals surface area contributed by atoms with Gasteiger partial charge in [-0.15, -0.1) is 0 Å². The first-order valence-corrected chi connectivity index (χ1v) is 8.95. The molecule has 3 aliphatic rings. The Balaban J connectivity index is 1.79. The Morgan fingerprint density at radius 3 is 2.56 bits per heavy atom. The second-order valence-electron chi connectivity index (χ2n) is 6.41. The lowest BCUT2D eigenvalue weighted by Crippen LogP contribution is -2.56. The van der Waals surface area contributed by atoms with E-state index >= 15 is 0 Å². The van der Waals surface area contributed by atoms with Crippen LogP contribution in [0.2, 0.25) is 0 Å². The minimum Gasteiger partial charge on any atom is -0.454 e. The third-order valence-corrected chi connectivity index (χ3v) is 6.51. The highest BCUT2D eigenvalue weighted by molar-refractivity contribution is 7.87. The average molecular weight is 378 g/mol. The molecule has 0 aromatic carbocycles. The number of hydrogen-bond donors (Lipinski definition) is 2. The summed E-state index contributed by atoms with van der Waals surface area (Å²) in [5.41, 5.74) is -3.01. The zero-order valence-corrected chi connectivity index (χ0v) is 14.2. The highest BCUT2D eigenvalue weighted by atomic mass is 32.2. The lowest BCUT2D eigenvalue weighted by Gasteiger charge is -2.32. The maximum Gasteiger partial charge on any atom is 0.344 e. The van der Waals surface area contributed by atoms with E-state index in [9.17, 15) is 28.2 Å². The molecule has 0 aliphatic carbocycles. The molecule has 0 aromatic heterocycles. The van der Waals surface area contributed by atoms with E-state index in [2.05, 4.69) is 11.3 Å². The summed E-state index contributed by atoms with van der Waals surface area (Å²) in [6, 6.07) is 0. The minimum absolute atomic E-state index is 0.0928. The van der Waals surface area contributed by atoms with Gasteiger partial charge in [0.05, 0.1) is 13.2 Å². The predicted octanol–water partition coefficient (Wildman–Crippen LogP) is -1.99. The fraction of sp³-hybridized carbons (Fsp3) is 0.714. The molecule has 2 N–H and O–H groups in total. The van der Waals surface area contributed by atoms with Crippen molar-refractivity contribution < 1.29 is 46.6 Å². The van der Waals surface area contributed by atoms with Crippen molar-refractivity contribution in [2.75, 3.05) is 19.8 Å². The minimum atomic E-state index is -4.04. The van der Waals surface area contributed by atoms with Crippen molar-refractivity contribution in [2.45, 2.75) is 42.0 Å². The first-order chi connectivity index (χ1) is 11.6. The largest absolute Gasteiger partial charge is 0.454 e. The Morgan fingerprint density at radius 2 is 2.00 bits per heavy atom. The molecule has 3 saturated heterocycles. The highest BCUT2D eigenvalue weighted by Crippen LogP contribution is 2.59. The fourth-order valence-electron chi connectivity index (χ4n) is 3.61. The number of carbonyl (C=O) groups excluding carboxylic acids is 2. The number of esters is 2. The van der Waals surface area contributed by atoms with Gasteiger partial charge in [-0.25, -0.2) is 9.59 Å². The summed E-state index contributed by atoms with van der Waals surface area (Å²) in [4.78, 5) is 23.3. The van der Waals surface area contributed by atoms with E-state index in [0.29, 0.717) is 0 Å². The second kappa shape index (κ2) is 5.74. The van der Waals surface area contributed by atoms with Crippen LogP contribution in [0.15, 0.2) is 12.2 Å². The molecule has 0 radical (unpaired) electrons. The molecule has 0 aromatic rings. The summed E-state index contributed by atoms with van der Waals surface area (Å²) >= 11 is 0. The first-order valence-electron chi connectivity index (χ1n) is 7.48. The van der Waals surface area contributed by atoms with Crippen molar-refractivity contribution in [1.82, 2.24) is 0 Å². The summed E-state index contributed by atoms with van der Waals surface area (Å²) in [5, 5.41) is 18.2. The van der Waals surface area contributed by atoms with Crippen molar-refractivity contribution in [1.29, 1.82) is 0 Å². The van der Waals surface area contributed by atoms with Gasteiger partial charge >= 0.3 is 11.9 Å². The van der Waals surface area contributed by atoms with Crippen molar-refractivity contribution in [3.63, 3.8) is 0 Å². The Morgan fingerprint density at radius 1 is 1.32 bits per heavy atom. The Labute approximate surface area is 143 Å². The fourth-order valence-corrected chi connectivity index (χ4v) is 5.53. The molecular formula is C14H18O10S. The Kier molecular flexibility index (Phi) is 4.20. The average Bonchev–Trinajstić information content (AvgIpc) is 3.08. The van der Waals surface area contributed by atoms with Crippen molar-refractivity contribution in [3.8, 4) is 0 Å². The third-order valence-electron chi connectivity index (χ3n) is 4.77. The smallest absolute Gasteiger partial charge is 0.344 e. The van der Waals surface area contributed by atoms with E-state index in [4.69, 9.17) is 13.7 Å². The first kappa shape index (κ1) is 18.3. The zero-order valence-electron chi connectivity index (χ0n) is 13.3. The standard InChI is InChI=1S/C14H18O10S/c1-7(2)12(18)21-4-9(17)22-10-11-14(6-16)8(25(19,20)23-11)3-13(10,5-15)24-14/h8,10-11,15-16H,1,3-6H2,2H3. The molecular weight excluding hydrogens is 360 g/mol. The van der Waals surface area contributed by atoms with Crippen molar-refractivity contribution >= 4 is 22.1 Å². The number of aliphatic hydroxyl groups excluding tert-OH is 2. The van der Waals surface area contributed by atoms with Crippen LogP contribution in [0.3, 0.4) is 0 Å². The van der Waals surface area contributed by atoms with Gasteiger partial charge in [-0.1, -0.05) is 6.58 Å². The summed E-state index contributed by atoms with van der Waals surface area (Å²) in [6.07, 6.45) is -2.74. The van der Waals surface area contributed by atoms with Crippen LogP contribution in [-0.2, 0) is 38.1 Å². The van der Waals surface area contributed by atoms with Gasteiger partial charge in [0.15, 0.2) is 12.7 Å². The van der Waals surface area contributed by atoms with Crippen molar-refractivity contribution in [3.05, 3.63) is 12.2 Å². The van der Waals surface area contributed by atoms with E-state index in [1.807, 2.05) is 0 Å². The lowest BCUT2D eigenvalue weighted by molar-refractivity contribution is -0.172. The van der Waals surface area contributed by atoms with Crippen LogP contribution < -0.4 is 0 Å². The number of hydrogen-bond acceptors (Lipinski definition) is 10. The topological polar surface area (TPSA) is 146 Å². The summed E-state index contributed by atoms with van der Waals surface area (Å²) in [7, 11) is -4.04. The van der Waals surface area contributed by atoms with Crippen LogP contribution in [0.25, 0.3) is 0 Å². The summed E-state index contributed by atoms with van der Waals surface area (Å²) in [5.74, 6) is -1.76. The van der Waals surface area contributed by atoms with Gasteiger partial charge in [0, 0.05) is 12.0 Å². The number of rotatable bonds is 6. The quantitative estimate of drug-likeness (QED) is 0.302. The molecule has 140 valence electrons. The molecule has 11 heteroatoms. The highest BCUT2D eigenvalue weighted by Gasteiger charge is 2.81. The SMILES string of the molecule is C=C(C)C(=O)OCC(=O)OC1C2OS(=O)(=O)C3CC1(CO)OC23CO. The van der Waals surface area contributed by atoms with Crippen LogP contribution in [0.1, 0.15) is 13.3 Å². The van der Waals surface area contributed by atoms with Gasteiger partial charge < -0.3 is 24.4 Å². The van der Waals surface area contributed by atoms with Crippen LogP contribution >= 0.6 is 0 Å². The normalized spacial score (nSPS) is 40.0. The molecule has 0 saturated carbocycles. The number of aliphatic hydroxyl groups is 2. The molecule has 25 heavy (non-hydrogen) atoms. The Hall–Kier alpha value is -1.53. The summed E-state index contributed by atoms with van der Waals surface area (Å²) < 4.78 is 44.7. The lowest BCUT2D eigenvalue weighted by atomic mass is 9.78.